The average Bonchev–Trinajstić information content (AvgIpc) is 2.50. The molecule has 0 aromatic heterocycles. The van der Waals surface area contributed by atoms with Gasteiger partial charge in [-0.1, -0.05) is 62.4 Å². The van der Waals surface area contributed by atoms with E-state index < -0.39 is 0 Å². The van der Waals surface area contributed by atoms with Gasteiger partial charge in [-0.05, 0) is 42.7 Å². The number of nitrogens with zero attached hydrogens (tertiary/aromatic N) is 1. The molecule has 1 saturated heterocycles. The number of carbonyl (C=O) groups is 1. The van der Waals surface area contributed by atoms with Gasteiger partial charge in [0.2, 0.25) is 5.91 Å². The largest absolute Gasteiger partial charge is 0.339 e. The second kappa shape index (κ2) is 8.57. The molecule has 2 nitrogen and oxygen atoms in total. The zero-order chi connectivity index (χ0) is 15.8. The van der Waals surface area contributed by atoms with Gasteiger partial charge < -0.3 is 4.90 Å². The first-order valence-corrected chi connectivity index (χ1v) is 8.32. The second-order valence-electron chi connectivity index (χ2n) is 6.48. The predicted molar refractivity (Wildman–Crippen MR) is 93.4 cm³/mol. The Morgan fingerprint density at radius 3 is 2.41 bits per heavy atom. The molecule has 2 atom stereocenters. The lowest BCUT2D eigenvalue weighted by Gasteiger charge is -2.34. The van der Waals surface area contributed by atoms with Gasteiger partial charge in [0.15, 0.2) is 0 Å². The number of allylic oxidation sites excluding steroid dienone is 2. The molecule has 2 heteroatoms. The highest BCUT2D eigenvalue weighted by Gasteiger charge is 2.23. The summed E-state index contributed by atoms with van der Waals surface area (Å²) in [5.74, 6) is 1.41. The minimum Gasteiger partial charge on any atom is -0.339 e. The van der Waals surface area contributed by atoms with Crippen LogP contribution < -0.4 is 0 Å². The zero-order valence-corrected chi connectivity index (χ0v) is 13.7. The van der Waals surface area contributed by atoms with Crippen LogP contribution in [0.3, 0.4) is 0 Å². The number of hydrogen-bond donors (Lipinski definition) is 0. The first-order chi connectivity index (χ1) is 10.6. The van der Waals surface area contributed by atoms with Crippen molar-refractivity contribution >= 4 is 12.0 Å². The maximum absolute atomic E-state index is 12.2. The minimum atomic E-state index is 0.172. The Balaban J connectivity index is 1.71. The molecule has 118 valence electrons. The lowest BCUT2D eigenvalue weighted by Crippen LogP contribution is -2.41. The summed E-state index contributed by atoms with van der Waals surface area (Å²) in [5, 5.41) is 0. The summed E-state index contributed by atoms with van der Waals surface area (Å²) in [4.78, 5) is 14.2. The van der Waals surface area contributed by atoms with Gasteiger partial charge in [-0.2, -0.15) is 0 Å². The van der Waals surface area contributed by atoms with Gasteiger partial charge in [-0.15, -0.1) is 0 Å². The average molecular weight is 297 g/mol. The van der Waals surface area contributed by atoms with E-state index in [0.29, 0.717) is 11.8 Å². The van der Waals surface area contributed by atoms with Crippen LogP contribution in [0.15, 0.2) is 48.6 Å². The van der Waals surface area contributed by atoms with Crippen molar-refractivity contribution in [2.75, 3.05) is 13.1 Å². The molecule has 2 unspecified atom stereocenters. The topological polar surface area (TPSA) is 20.3 Å². The number of unbranched alkanes of at least 4 members (excludes halogenated alkanes) is 1. The molecule has 2 rings (SSSR count). The van der Waals surface area contributed by atoms with Gasteiger partial charge in [0.25, 0.3) is 0 Å². The lowest BCUT2D eigenvalue weighted by molar-refractivity contribution is -0.128. The maximum atomic E-state index is 12.2. The number of amides is 1. The monoisotopic (exact) mass is 297 g/mol. The molecule has 0 bridgehead atoms. The molecule has 0 spiro atoms. The number of rotatable bonds is 5. The predicted octanol–water partition coefficient (Wildman–Crippen LogP) is 4.54. The summed E-state index contributed by atoms with van der Waals surface area (Å²) in [6.07, 6.45) is 11.2. The Labute approximate surface area is 134 Å². The van der Waals surface area contributed by atoms with Gasteiger partial charge in [0.05, 0.1) is 0 Å². The Bertz CT molecular complexity index is 508. The Kier molecular flexibility index (Phi) is 6.45. The highest BCUT2D eigenvalue weighted by molar-refractivity contribution is 5.87. The van der Waals surface area contributed by atoms with E-state index in [4.69, 9.17) is 0 Å². The van der Waals surface area contributed by atoms with Crippen molar-refractivity contribution in [1.82, 2.24) is 4.90 Å². The van der Waals surface area contributed by atoms with Crippen LogP contribution >= 0.6 is 0 Å². The molecule has 1 amide bonds. The SMILES string of the molecule is CC1CC(C)CN(C(=O)/C=C/CC/C=C\c2ccccc2)C1. The van der Waals surface area contributed by atoms with Gasteiger partial charge in [-0.25, -0.2) is 0 Å². The maximum Gasteiger partial charge on any atom is 0.246 e. The quantitative estimate of drug-likeness (QED) is 0.577. The fourth-order valence-corrected chi connectivity index (χ4v) is 3.11. The molecule has 0 saturated carbocycles. The van der Waals surface area contributed by atoms with Gasteiger partial charge >= 0.3 is 0 Å². The van der Waals surface area contributed by atoms with Crippen LogP contribution in [-0.4, -0.2) is 23.9 Å². The highest BCUT2D eigenvalue weighted by Crippen LogP contribution is 2.21. The van der Waals surface area contributed by atoms with E-state index in [1.54, 1.807) is 6.08 Å². The summed E-state index contributed by atoms with van der Waals surface area (Å²) >= 11 is 0. The highest BCUT2D eigenvalue weighted by atomic mass is 16.2. The first-order valence-electron chi connectivity index (χ1n) is 8.32. The van der Waals surface area contributed by atoms with Crippen LogP contribution in [0.4, 0.5) is 0 Å². The van der Waals surface area contributed by atoms with E-state index in [2.05, 4.69) is 38.1 Å². The van der Waals surface area contributed by atoms with Crippen LogP contribution in [0, 0.1) is 11.8 Å². The van der Waals surface area contributed by atoms with Crippen molar-refractivity contribution in [2.45, 2.75) is 33.1 Å². The number of benzene rings is 1. The van der Waals surface area contributed by atoms with Crippen molar-refractivity contribution in [3.8, 4) is 0 Å². The standard InChI is InChI=1S/C20H27NO/c1-17-14-18(2)16-21(15-17)20(22)13-9-4-3-6-10-19-11-7-5-8-12-19/h5-13,17-18H,3-4,14-16H2,1-2H3/b10-6-,13-9+. The smallest absolute Gasteiger partial charge is 0.246 e. The van der Waals surface area contributed by atoms with Crippen LogP contribution in [-0.2, 0) is 4.79 Å². The molecule has 1 fully saturated rings. The number of piperidine rings is 1. The van der Waals surface area contributed by atoms with E-state index in [-0.39, 0.29) is 5.91 Å². The molecular formula is C20H27NO. The summed E-state index contributed by atoms with van der Waals surface area (Å²) in [6, 6.07) is 10.3. The molecule has 22 heavy (non-hydrogen) atoms. The van der Waals surface area contributed by atoms with Gasteiger partial charge in [0.1, 0.15) is 0 Å². The van der Waals surface area contributed by atoms with Crippen LogP contribution in [0.1, 0.15) is 38.7 Å². The molecule has 0 radical (unpaired) electrons. The van der Waals surface area contributed by atoms with Crippen molar-refractivity contribution in [1.29, 1.82) is 0 Å². The molecule has 1 aromatic carbocycles. The zero-order valence-electron chi connectivity index (χ0n) is 13.7. The second-order valence-corrected chi connectivity index (χ2v) is 6.48. The van der Waals surface area contributed by atoms with Gasteiger partial charge in [-0.3, -0.25) is 4.79 Å². The van der Waals surface area contributed by atoms with E-state index in [0.717, 1.165) is 25.9 Å². The molecule has 0 N–H and O–H groups in total. The fourth-order valence-electron chi connectivity index (χ4n) is 3.11. The Morgan fingerprint density at radius 1 is 1.09 bits per heavy atom. The third kappa shape index (κ3) is 5.51. The summed E-state index contributed by atoms with van der Waals surface area (Å²) in [7, 11) is 0. The van der Waals surface area contributed by atoms with Gasteiger partial charge in [0, 0.05) is 13.1 Å². The molecule has 1 heterocycles. The number of carbonyl (C=O) groups excluding carboxylic acids is 1. The third-order valence-electron chi connectivity index (χ3n) is 4.05. The Morgan fingerprint density at radius 2 is 1.73 bits per heavy atom. The minimum absolute atomic E-state index is 0.172. The van der Waals surface area contributed by atoms with Crippen LogP contribution in [0.5, 0.6) is 0 Å². The van der Waals surface area contributed by atoms with Crippen LogP contribution in [0.25, 0.3) is 6.08 Å². The summed E-state index contributed by atoms with van der Waals surface area (Å²) in [5.41, 5.74) is 1.22. The first kappa shape index (κ1) is 16.5. The van der Waals surface area contributed by atoms with E-state index in [1.165, 1.54) is 12.0 Å². The lowest BCUT2D eigenvalue weighted by atomic mass is 9.92. The Hall–Kier alpha value is -1.83. The summed E-state index contributed by atoms with van der Waals surface area (Å²) in [6.45, 7) is 6.27. The molecule has 1 aliphatic rings. The van der Waals surface area contributed by atoms with Crippen molar-refractivity contribution in [3.63, 3.8) is 0 Å². The van der Waals surface area contributed by atoms with E-state index >= 15 is 0 Å². The molecule has 0 aliphatic carbocycles. The fraction of sp³-hybridized carbons (Fsp3) is 0.450. The normalized spacial score (nSPS) is 22.5. The third-order valence-corrected chi connectivity index (χ3v) is 4.05. The summed E-state index contributed by atoms with van der Waals surface area (Å²) < 4.78 is 0. The van der Waals surface area contributed by atoms with E-state index in [1.807, 2.05) is 29.2 Å². The number of likely N-dealkylation sites (tertiary alicyclic amines) is 1. The van der Waals surface area contributed by atoms with Crippen LogP contribution in [0.2, 0.25) is 0 Å². The van der Waals surface area contributed by atoms with Crippen molar-refractivity contribution in [3.05, 3.63) is 54.1 Å². The van der Waals surface area contributed by atoms with E-state index in [9.17, 15) is 4.79 Å². The van der Waals surface area contributed by atoms with Crippen molar-refractivity contribution < 1.29 is 4.79 Å². The molecule has 1 aliphatic heterocycles. The number of hydrogen-bond acceptors (Lipinski definition) is 1. The van der Waals surface area contributed by atoms with Crippen molar-refractivity contribution in [2.24, 2.45) is 11.8 Å². The molecule has 1 aromatic rings. The molecular weight excluding hydrogens is 270 g/mol.